The molecule has 1 unspecified atom stereocenters. The number of hydrogen-bond donors (Lipinski definition) is 1. The number of rotatable bonds is 3. The number of hydrogen-bond acceptors (Lipinski definition) is 2. The van der Waals surface area contributed by atoms with E-state index in [4.69, 9.17) is 0 Å². The molecule has 1 atom stereocenters. The van der Waals surface area contributed by atoms with Crippen molar-refractivity contribution in [3.63, 3.8) is 0 Å². The van der Waals surface area contributed by atoms with Gasteiger partial charge in [0.05, 0.1) is 6.10 Å². The van der Waals surface area contributed by atoms with E-state index in [0.29, 0.717) is 10.8 Å². The first-order chi connectivity index (χ1) is 6.89. The van der Waals surface area contributed by atoms with E-state index in [1.54, 1.807) is 0 Å². The summed E-state index contributed by atoms with van der Waals surface area (Å²) in [5.41, 5.74) is 1.05. The molecule has 1 aliphatic heterocycles. The molecule has 1 heterocycles. The van der Waals surface area contributed by atoms with E-state index in [2.05, 4.69) is 25.7 Å². The van der Waals surface area contributed by atoms with Crippen LogP contribution in [0, 0.1) is 10.8 Å². The SMILES string of the molecule is CC(C)(C)CC1(CN2CCC(O)C2)CC1. The summed E-state index contributed by atoms with van der Waals surface area (Å²) in [5, 5.41) is 9.51. The highest BCUT2D eigenvalue weighted by atomic mass is 16.3. The number of nitrogens with zero attached hydrogens (tertiary/aromatic N) is 1. The summed E-state index contributed by atoms with van der Waals surface area (Å²) < 4.78 is 0. The second-order valence-corrected chi connectivity index (χ2v) is 6.92. The van der Waals surface area contributed by atoms with Crippen molar-refractivity contribution in [3.8, 4) is 0 Å². The van der Waals surface area contributed by atoms with E-state index in [-0.39, 0.29) is 6.10 Å². The van der Waals surface area contributed by atoms with Gasteiger partial charge in [-0.3, -0.25) is 0 Å². The zero-order valence-corrected chi connectivity index (χ0v) is 10.4. The molecule has 2 heteroatoms. The quantitative estimate of drug-likeness (QED) is 0.774. The zero-order valence-electron chi connectivity index (χ0n) is 10.4. The van der Waals surface area contributed by atoms with Crippen molar-refractivity contribution in [1.29, 1.82) is 0 Å². The molecule has 0 bridgehead atoms. The lowest BCUT2D eigenvalue weighted by atomic mass is 9.82. The third kappa shape index (κ3) is 3.18. The Kier molecular flexibility index (Phi) is 2.85. The van der Waals surface area contributed by atoms with E-state index in [1.165, 1.54) is 25.8 Å². The first-order valence-corrected chi connectivity index (χ1v) is 6.29. The molecule has 0 spiro atoms. The van der Waals surface area contributed by atoms with Crippen molar-refractivity contribution in [2.75, 3.05) is 19.6 Å². The van der Waals surface area contributed by atoms with Gasteiger partial charge in [0.25, 0.3) is 0 Å². The van der Waals surface area contributed by atoms with Crippen LogP contribution in [-0.2, 0) is 0 Å². The number of β-amino-alcohol motifs (C(OH)–C–C–N with tert-alkyl or cyclic N) is 1. The maximum atomic E-state index is 9.51. The summed E-state index contributed by atoms with van der Waals surface area (Å²) >= 11 is 0. The van der Waals surface area contributed by atoms with Crippen LogP contribution in [0.4, 0.5) is 0 Å². The number of aliphatic hydroxyl groups excluding tert-OH is 1. The molecule has 1 saturated carbocycles. The minimum Gasteiger partial charge on any atom is -0.392 e. The normalized spacial score (nSPS) is 30.8. The average molecular weight is 211 g/mol. The van der Waals surface area contributed by atoms with Crippen molar-refractivity contribution in [2.45, 2.75) is 52.6 Å². The molecule has 2 fully saturated rings. The summed E-state index contributed by atoms with van der Waals surface area (Å²) in [7, 11) is 0. The lowest BCUT2D eigenvalue weighted by molar-refractivity contribution is 0.156. The molecule has 0 aromatic rings. The Morgan fingerprint density at radius 3 is 2.40 bits per heavy atom. The molecule has 2 nitrogen and oxygen atoms in total. The summed E-state index contributed by atoms with van der Waals surface area (Å²) in [6, 6.07) is 0. The van der Waals surface area contributed by atoms with E-state index in [9.17, 15) is 5.11 Å². The smallest absolute Gasteiger partial charge is 0.0679 e. The van der Waals surface area contributed by atoms with Gasteiger partial charge in [0.1, 0.15) is 0 Å². The fourth-order valence-electron chi connectivity index (χ4n) is 3.12. The first-order valence-electron chi connectivity index (χ1n) is 6.29. The Balaban J connectivity index is 1.83. The van der Waals surface area contributed by atoms with Gasteiger partial charge in [0, 0.05) is 19.6 Å². The van der Waals surface area contributed by atoms with Crippen LogP contribution in [0.3, 0.4) is 0 Å². The highest BCUT2D eigenvalue weighted by Crippen LogP contribution is 2.53. The molecule has 1 saturated heterocycles. The third-order valence-corrected chi connectivity index (χ3v) is 3.67. The predicted octanol–water partition coefficient (Wildman–Crippen LogP) is 2.27. The van der Waals surface area contributed by atoms with E-state index >= 15 is 0 Å². The van der Waals surface area contributed by atoms with Gasteiger partial charge in [-0.15, -0.1) is 0 Å². The fourth-order valence-corrected chi connectivity index (χ4v) is 3.12. The van der Waals surface area contributed by atoms with Gasteiger partial charge < -0.3 is 10.0 Å². The summed E-state index contributed by atoms with van der Waals surface area (Å²) in [6.45, 7) is 10.3. The molecule has 1 aliphatic carbocycles. The van der Waals surface area contributed by atoms with Crippen molar-refractivity contribution >= 4 is 0 Å². The van der Waals surface area contributed by atoms with Crippen LogP contribution in [-0.4, -0.2) is 35.7 Å². The van der Waals surface area contributed by atoms with Gasteiger partial charge in [-0.05, 0) is 36.5 Å². The second kappa shape index (κ2) is 3.74. The molecule has 2 rings (SSSR count). The lowest BCUT2D eigenvalue weighted by Gasteiger charge is -2.29. The van der Waals surface area contributed by atoms with Crippen LogP contribution in [0.15, 0.2) is 0 Å². The topological polar surface area (TPSA) is 23.5 Å². The second-order valence-electron chi connectivity index (χ2n) is 6.92. The highest BCUT2D eigenvalue weighted by molar-refractivity contribution is 4.98. The van der Waals surface area contributed by atoms with Crippen LogP contribution >= 0.6 is 0 Å². The lowest BCUT2D eigenvalue weighted by Crippen LogP contribution is -2.31. The molecule has 15 heavy (non-hydrogen) atoms. The molecular formula is C13H25NO. The van der Waals surface area contributed by atoms with Crippen LogP contribution < -0.4 is 0 Å². The molecule has 88 valence electrons. The van der Waals surface area contributed by atoms with Gasteiger partial charge in [-0.25, -0.2) is 0 Å². The van der Waals surface area contributed by atoms with Gasteiger partial charge in [0.2, 0.25) is 0 Å². The van der Waals surface area contributed by atoms with E-state index in [0.717, 1.165) is 19.5 Å². The average Bonchev–Trinajstić information content (AvgIpc) is 2.64. The first kappa shape index (κ1) is 11.4. The van der Waals surface area contributed by atoms with Gasteiger partial charge in [-0.2, -0.15) is 0 Å². The van der Waals surface area contributed by atoms with E-state index < -0.39 is 0 Å². The van der Waals surface area contributed by atoms with Crippen LogP contribution in [0.5, 0.6) is 0 Å². The molecule has 2 aliphatic rings. The summed E-state index contributed by atoms with van der Waals surface area (Å²) in [6.07, 6.45) is 5.06. The van der Waals surface area contributed by atoms with Gasteiger partial charge in [0.15, 0.2) is 0 Å². The Hall–Kier alpha value is -0.0800. The Labute approximate surface area is 93.7 Å². The van der Waals surface area contributed by atoms with E-state index in [1.807, 2.05) is 0 Å². The standard InChI is InChI=1S/C13H25NO/c1-12(2,3)9-13(5-6-13)10-14-7-4-11(15)8-14/h11,15H,4-10H2,1-3H3. The molecule has 0 aromatic carbocycles. The zero-order chi connectivity index (χ0) is 11.1. The van der Waals surface area contributed by atoms with Crippen molar-refractivity contribution in [3.05, 3.63) is 0 Å². The largest absolute Gasteiger partial charge is 0.392 e. The predicted molar refractivity (Wildman–Crippen MR) is 62.8 cm³/mol. The van der Waals surface area contributed by atoms with Crippen LogP contribution in [0.2, 0.25) is 0 Å². The minimum absolute atomic E-state index is 0.0598. The Morgan fingerprint density at radius 2 is 2.00 bits per heavy atom. The monoisotopic (exact) mass is 211 g/mol. The molecule has 0 radical (unpaired) electrons. The van der Waals surface area contributed by atoms with Crippen LogP contribution in [0.1, 0.15) is 46.5 Å². The molecular weight excluding hydrogens is 186 g/mol. The van der Waals surface area contributed by atoms with Crippen LogP contribution in [0.25, 0.3) is 0 Å². The van der Waals surface area contributed by atoms with Crippen molar-refractivity contribution in [1.82, 2.24) is 4.90 Å². The Morgan fingerprint density at radius 1 is 1.33 bits per heavy atom. The fraction of sp³-hybridized carbons (Fsp3) is 1.00. The maximum absolute atomic E-state index is 9.51. The number of aliphatic hydroxyl groups is 1. The minimum atomic E-state index is -0.0598. The summed E-state index contributed by atoms with van der Waals surface area (Å²) in [4.78, 5) is 2.46. The molecule has 1 N–H and O–H groups in total. The van der Waals surface area contributed by atoms with Crippen molar-refractivity contribution < 1.29 is 5.11 Å². The summed E-state index contributed by atoms with van der Waals surface area (Å²) in [5.74, 6) is 0. The molecule has 0 amide bonds. The third-order valence-electron chi connectivity index (χ3n) is 3.67. The van der Waals surface area contributed by atoms with Gasteiger partial charge in [-0.1, -0.05) is 20.8 Å². The molecule has 0 aromatic heterocycles. The maximum Gasteiger partial charge on any atom is 0.0679 e. The Bertz CT molecular complexity index is 227. The van der Waals surface area contributed by atoms with Gasteiger partial charge >= 0.3 is 0 Å². The highest BCUT2D eigenvalue weighted by Gasteiger charge is 2.46. The number of likely N-dealkylation sites (tertiary alicyclic amines) is 1. The van der Waals surface area contributed by atoms with Crippen molar-refractivity contribution in [2.24, 2.45) is 10.8 Å².